The minimum absolute atomic E-state index is 0.0560. The van der Waals surface area contributed by atoms with E-state index in [2.05, 4.69) is 34.9 Å². The maximum Gasteiger partial charge on any atom is 0.407 e. The number of carbonyl (C=O) groups excluding carboxylic acids is 2. The van der Waals surface area contributed by atoms with E-state index in [0.29, 0.717) is 25.7 Å². The average molecular weight is 479 g/mol. The Kier molecular flexibility index (Phi) is 7.15. The van der Waals surface area contributed by atoms with E-state index < -0.39 is 23.5 Å². The molecule has 3 N–H and O–H groups in total. The molecule has 0 aromatic heterocycles. The van der Waals surface area contributed by atoms with Crippen LogP contribution in [0.5, 0.6) is 0 Å². The molecule has 0 aliphatic heterocycles. The zero-order chi connectivity index (χ0) is 25.2. The predicted octanol–water partition coefficient (Wildman–Crippen LogP) is 4.70. The first-order valence-corrected chi connectivity index (χ1v) is 12.3. The summed E-state index contributed by atoms with van der Waals surface area (Å²) in [4.78, 5) is 37.1. The second kappa shape index (κ2) is 10.1. The van der Waals surface area contributed by atoms with Gasteiger partial charge in [-0.05, 0) is 53.4 Å². The van der Waals surface area contributed by atoms with Crippen LogP contribution >= 0.6 is 0 Å². The summed E-state index contributed by atoms with van der Waals surface area (Å²) in [6, 6.07) is 15.4. The van der Waals surface area contributed by atoms with E-state index in [9.17, 15) is 19.5 Å². The average Bonchev–Trinajstić information content (AvgIpc) is 3.14. The van der Waals surface area contributed by atoms with E-state index in [1.165, 1.54) is 0 Å². The van der Waals surface area contributed by atoms with Gasteiger partial charge in [0.2, 0.25) is 5.91 Å². The Bertz CT molecular complexity index is 1050. The van der Waals surface area contributed by atoms with Crippen molar-refractivity contribution in [2.45, 2.75) is 64.5 Å². The zero-order valence-corrected chi connectivity index (χ0v) is 20.5. The summed E-state index contributed by atoms with van der Waals surface area (Å²) >= 11 is 0. The predicted molar refractivity (Wildman–Crippen MR) is 133 cm³/mol. The maximum atomic E-state index is 13.1. The number of carboxylic acids is 1. The maximum absolute atomic E-state index is 13.1. The molecule has 35 heavy (non-hydrogen) atoms. The van der Waals surface area contributed by atoms with Gasteiger partial charge in [-0.3, -0.25) is 9.59 Å². The van der Waals surface area contributed by atoms with Gasteiger partial charge in [0, 0.05) is 12.0 Å². The molecule has 186 valence electrons. The summed E-state index contributed by atoms with van der Waals surface area (Å²) in [6.07, 6.45) is 1.69. The van der Waals surface area contributed by atoms with Gasteiger partial charge in [0.05, 0.1) is 5.92 Å². The van der Waals surface area contributed by atoms with E-state index in [-0.39, 0.29) is 30.4 Å². The molecule has 4 rings (SSSR count). The first-order chi connectivity index (χ1) is 16.6. The molecule has 0 radical (unpaired) electrons. The number of hydrogen-bond acceptors (Lipinski definition) is 4. The molecule has 0 bridgehead atoms. The molecule has 7 heteroatoms. The number of nitrogens with one attached hydrogen (secondary N) is 2. The highest BCUT2D eigenvalue weighted by molar-refractivity contribution is 5.86. The van der Waals surface area contributed by atoms with Gasteiger partial charge in [-0.2, -0.15) is 0 Å². The first kappa shape index (κ1) is 24.8. The number of alkyl carbamates (subject to hydrolysis) is 1. The second-order valence-electron chi connectivity index (χ2n) is 10.7. The van der Waals surface area contributed by atoms with Crippen molar-refractivity contribution < 1.29 is 24.2 Å². The molecule has 2 aromatic rings. The van der Waals surface area contributed by atoms with Crippen molar-refractivity contribution in [2.75, 3.05) is 6.61 Å². The molecule has 2 aromatic carbocycles. The van der Waals surface area contributed by atoms with Gasteiger partial charge >= 0.3 is 12.1 Å². The fourth-order valence-corrected chi connectivity index (χ4v) is 5.20. The van der Waals surface area contributed by atoms with Crippen molar-refractivity contribution in [3.05, 3.63) is 59.7 Å². The molecule has 1 saturated carbocycles. The van der Waals surface area contributed by atoms with Crippen LogP contribution in [0.1, 0.15) is 63.5 Å². The van der Waals surface area contributed by atoms with Crippen LogP contribution in [0, 0.1) is 11.3 Å². The lowest BCUT2D eigenvalue weighted by atomic mass is 9.84. The molecule has 2 aliphatic carbocycles. The topological polar surface area (TPSA) is 105 Å². The largest absolute Gasteiger partial charge is 0.481 e. The summed E-state index contributed by atoms with van der Waals surface area (Å²) in [5.74, 6) is -1.45. The van der Waals surface area contributed by atoms with Gasteiger partial charge in [-0.15, -0.1) is 0 Å². The molecule has 0 heterocycles. The van der Waals surface area contributed by atoms with Crippen LogP contribution in [-0.2, 0) is 14.3 Å². The summed E-state index contributed by atoms with van der Waals surface area (Å²) in [6.45, 7) is 5.85. The summed E-state index contributed by atoms with van der Waals surface area (Å²) in [5, 5.41) is 15.0. The lowest BCUT2D eigenvalue weighted by molar-refractivity contribution is -0.142. The number of carbonyl (C=O) groups is 3. The molecule has 7 nitrogen and oxygen atoms in total. The number of amides is 2. The third-order valence-electron chi connectivity index (χ3n) is 7.16. The SMILES string of the molecule is CC(C)(C)[C@H](NC(=O)OCC1c2ccccc2-c2ccccc21)C(=O)NC1CCC(C(=O)O)CC1. The van der Waals surface area contributed by atoms with Crippen LogP contribution in [0.2, 0.25) is 0 Å². The van der Waals surface area contributed by atoms with Crippen LogP contribution < -0.4 is 10.6 Å². The van der Waals surface area contributed by atoms with E-state index in [0.717, 1.165) is 22.3 Å². The Morgan fingerprint density at radius 3 is 2.00 bits per heavy atom. The highest BCUT2D eigenvalue weighted by Crippen LogP contribution is 2.44. The lowest BCUT2D eigenvalue weighted by Gasteiger charge is -2.33. The fourth-order valence-electron chi connectivity index (χ4n) is 5.20. The molecule has 2 amide bonds. The Morgan fingerprint density at radius 1 is 0.943 bits per heavy atom. The molecular formula is C28H34N2O5. The van der Waals surface area contributed by atoms with Crippen molar-refractivity contribution in [3.8, 4) is 11.1 Å². The minimum atomic E-state index is -0.782. The van der Waals surface area contributed by atoms with Gasteiger partial charge in [0.1, 0.15) is 12.6 Å². The second-order valence-corrected chi connectivity index (χ2v) is 10.7. The number of hydrogen-bond donors (Lipinski definition) is 3. The van der Waals surface area contributed by atoms with Crippen molar-refractivity contribution in [1.29, 1.82) is 0 Å². The Morgan fingerprint density at radius 2 is 1.49 bits per heavy atom. The minimum Gasteiger partial charge on any atom is -0.481 e. The Labute approximate surface area is 206 Å². The molecule has 2 aliphatic rings. The van der Waals surface area contributed by atoms with Gasteiger partial charge in [0.25, 0.3) is 0 Å². The van der Waals surface area contributed by atoms with Gasteiger partial charge in [-0.1, -0.05) is 69.3 Å². The van der Waals surface area contributed by atoms with Crippen LogP contribution in [0.15, 0.2) is 48.5 Å². The van der Waals surface area contributed by atoms with E-state index in [4.69, 9.17) is 4.74 Å². The van der Waals surface area contributed by atoms with Crippen LogP contribution in [0.3, 0.4) is 0 Å². The first-order valence-electron chi connectivity index (χ1n) is 12.3. The van der Waals surface area contributed by atoms with Crippen molar-refractivity contribution in [1.82, 2.24) is 10.6 Å². The fraction of sp³-hybridized carbons (Fsp3) is 0.464. The summed E-state index contributed by atoms with van der Waals surface area (Å²) in [7, 11) is 0. The van der Waals surface area contributed by atoms with Gasteiger partial charge in [-0.25, -0.2) is 4.79 Å². The monoisotopic (exact) mass is 478 g/mol. The number of benzene rings is 2. The van der Waals surface area contributed by atoms with Crippen LogP contribution in [0.25, 0.3) is 11.1 Å². The molecule has 0 spiro atoms. The quantitative estimate of drug-likeness (QED) is 0.558. The normalized spacial score (nSPS) is 20.3. The smallest absolute Gasteiger partial charge is 0.407 e. The van der Waals surface area contributed by atoms with Crippen LogP contribution in [0.4, 0.5) is 4.79 Å². The summed E-state index contributed by atoms with van der Waals surface area (Å²) in [5.41, 5.74) is 4.03. The number of rotatable bonds is 6. The highest BCUT2D eigenvalue weighted by atomic mass is 16.5. The van der Waals surface area contributed by atoms with Gasteiger partial charge in [0.15, 0.2) is 0 Å². The summed E-state index contributed by atoms with van der Waals surface area (Å²) < 4.78 is 5.65. The van der Waals surface area contributed by atoms with Gasteiger partial charge < -0.3 is 20.5 Å². The molecule has 1 atom stereocenters. The van der Waals surface area contributed by atoms with E-state index in [1.807, 2.05) is 45.0 Å². The third-order valence-corrected chi connectivity index (χ3v) is 7.16. The van der Waals surface area contributed by atoms with E-state index in [1.54, 1.807) is 0 Å². The highest BCUT2D eigenvalue weighted by Gasteiger charge is 2.36. The zero-order valence-electron chi connectivity index (χ0n) is 20.5. The third kappa shape index (κ3) is 5.50. The number of ether oxygens (including phenoxy) is 1. The standard InChI is InChI=1S/C28H34N2O5/c1-28(2,3)24(25(31)29-18-14-12-17(13-15-18)26(32)33)30-27(34)35-16-23-21-10-6-4-8-19(21)20-9-5-7-11-22(20)23/h4-11,17-18,23-24H,12-16H2,1-3H3,(H,29,31)(H,30,34)(H,32,33)/t17?,18?,24-/m1/s1. The Balaban J connectivity index is 1.37. The van der Waals surface area contributed by atoms with Crippen LogP contribution in [-0.4, -0.2) is 41.8 Å². The van der Waals surface area contributed by atoms with E-state index >= 15 is 0 Å². The number of aliphatic carboxylic acids is 1. The Hall–Kier alpha value is -3.35. The lowest BCUT2D eigenvalue weighted by Crippen LogP contribution is -2.56. The number of carboxylic acid groups (broad SMARTS) is 1. The number of fused-ring (bicyclic) bond motifs is 3. The van der Waals surface area contributed by atoms with Crippen molar-refractivity contribution >= 4 is 18.0 Å². The molecule has 0 unspecified atom stereocenters. The molecule has 0 saturated heterocycles. The van der Waals surface area contributed by atoms with Crippen molar-refractivity contribution in [3.63, 3.8) is 0 Å². The molecular weight excluding hydrogens is 444 g/mol. The van der Waals surface area contributed by atoms with Crippen molar-refractivity contribution in [2.24, 2.45) is 11.3 Å². The molecule has 1 fully saturated rings.